The van der Waals surface area contributed by atoms with Crippen LogP contribution in [0, 0.1) is 0 Å². The van der Waals surface area contributed by atoms with E-state index < -0.39 is 6.10 Å². The van der Waals surface area contributed by atoms with Crippen LogP contribution in [-0.4, -0.2) is 55.9 Å². The first-order chi connectivity index (χ1) is 13.0. The lowest BCUT2D eigenvalue weighted by Gasteiger charge is -2.36. The Balaban J connectivity index is 1.59. The van der Waals surface area contributed by atoms with Crippen molar-refractivity contribution in [3.05, 3.63) is 47.5 Å². The second kappa shape index (κ2) is 8.63. The fraction of sp³-hybridized carbons (Fsp3) is 0.550. The van der Waals surface area contributed by atoms with Gasteiger partial charge in [-0.05, 0) is 37.5 Å². The quantitative estimate of drug-likeness (QED) is 0.809. The number of piperidine rings is 1. The van der Waals surface area contributed by atoms with Crippen LogP contribution in [0.1, 0.15) is 55.0 Å². The van der Waals surface area contributed by atoms with Crippen LogP contribution < -0.4 is 5.32 Å². The molecule has 1 aliphatic heterocycles. The number of rotatable bonds is 6. The zero-order valence-electron chi connectivity index (χ0n) is 16.3. The fourth-order valence-electron chi connectivity index (χ4n) is 3.41. The van der Waals surface area contributed by atoms with E-state index in [4.69, 9.17) is 0 Å². The van der Waals surface area contributed by atoms with Crippen LogP contribution in [0.25, 0.3) is 0 Å². The van der Waals surface area contributed by atoms with Gasteiger partial charge in [0.05, 0.1) is 23.5 Å². The summed E-state index contributed by atoms with van der Waals surface area (Å²) < 4.78 is 1.73. The number of likely N-dealkylation sites (tertiary alicyclic amines) is 1. The summed E-state index contributed by atoms with van der Waals surface area (Å²) in [6.07, 6.45) is 1.88. The van der Waals surface area contributed by atoms with Gasteiger partial charge < -0.3 is 10.4 Å². The Morgan fingerprint density at radius 1 is 1.41 bits per heavy atom. The topological polar surface area (TPSA) is 83.3 Å². The molecule has 1 aliphatic rings. The predicted octanol–water partition coefficient (Wildman–Crippen LogP) is 1.79. The summed E-state index contributed by atoms with van der Waals surface area (Å²) in [4.78, 5) is 19.2. The van der Waals surface area contributed by atoms with Crippen LogP contribution in [0.15, 0.2) is 30.5 Å². The van der Waals surface area contributed by atoms with E-state index >= 15 is 0 Å². The van der Waals surface area contributed by atoms with E-state index in [9.17, 15) is 9.90 Å². The second-order valence-corrected chi connectivity index (χ2v) is 7.42. The highest BCUT2D eigenvalue weighted by Crippen LogP contribution is 2.17. The minimum atomic E-state index is -0.603. The second-order valence-electron chi connectivity index (χ2n) is 7.42. The number of β-amino-alcohol motifs (C(OH)–C–C–N with tert-alkyl or cyclic N) is 1. The van der Waals surface area contributed by atoms with Gasteiger partial charge in [0.2, 0.25) is 0 Å². The first-order valence-corrected chi connectivity index (χ1v) is 9.66. The molecular weight excluding hydrogens is 342 g/mol. The zero-order chi connectivity index (χ0) is 19.4. The smallest absolute Gasteiger partial charge is 0.269 e. The number of nitrogens with one attached hydrogen (secondary N) is 1. The number of aliphatic hydroxyl groups excluding tert-OH is 1. The maximum absolute atomic E-state index is 12.7. The first kappa shape index (κ1) is 19.5. The van der Waals surface area contributed by atoms with Gasteiger partial charge in [-0.3, -0.25) is 19.4 Å². The fourth-order valence-corrected chi connectivity index (χ4v) is 3.41. The Morgan fingerprint density at radius 3 is 2.85 bits per heavy atom. The average Bonchev–Trinajstić information content (AvgIpc) is 3.10. The number of carbonyl (C=O) groups excluding carboxylic acids is 1. The third kappa shape index (κ3) is 4.73. The van der Waals surface area contributed by atoms with Crippen molar-refractivity contribution in [1.29, 1.82) is 0 Å². The van der Waals surface area contributed by atoms with Gasteiger partial charge in [-0.1, -0.05) is 19.9 Å². The van der Waals surface area contributed by atoms with E-state index in [1.165, 1.54) is 0 Å². The number of aromatic nitrogens is 3. The van der Waals surface area contributed by atoms with Gasteiger partial charge in [0.25, 0.3) is 5.91 Å². The number of carbonyl (C=O) groups is 1. The molecule has 0 aromatic carbocycles. The molecule has 2 atom stereocenters. The summed E-state index contributed by atoms with van der Waals surface area (Å²) in [5.74, 6) is 0.100. The molecule has 7 heteroatoms. The van der Waals surface area contributed by atoms with Crippen LogP contribution in [0.5, 0.6) is 0 Å². The van der Waals surface area contributed by atoms with Gasteiger partial charge in [0, 0.05) is 32.4 Å². The van der Waals surface area contributed by atoms with Crippen molar-refractivity contribution in [3.63, 3.8) is 0 Å². The Labute approximate surface area is 160 Å². The molecule has 0 unspecified atom stereocenters. The molecule has 0 bridgehead atoms. The lowest BCUT2D eigenvalue weighted by Crippen LogP contribution is -2.54. The third-order valence-electron chi connectivity index (χ3n) is 5.02. The highest BCUT2D eigenvalue weighted by atomic mass is 16.3. The van der Waals surface area contributed by atoms with Crippen molar-refractivity contribution in [3.8, 4) is 0 Å². The van der Waals surface area contributed by atoms with E-state index in [0.717, 1.165) is 17.9 Å². The number of hydrogen-bond acceptors (Lipinski definition) is 5. The zero-order valence-corrected chi connectivity index (χ0v) is 16.3. The summed E-state index contributed by atoms with van der Waals surface area (Å²) >= 11 is 0. The van der Waals surface area contributed by atoms with Crippen molar-refractivity contribution in [1.82, 2.24) is 25.0 Å². The number of amides is 1. The molecule has 2 aromatic rings. The van der Waals surface area contributed by atoms with Crippen molar-refractivity contribution in [2.75, 3.05) is 13.1 Å². The molecule has 7 nitrogen and oxygen atoms in total. The van der Waals surface area contributed by atoms with Crippen LogP contribution in [0.4, 0.5) is 0 Å². The van der Waals surface area contributed by atoms with E-state index in [-0.39, 0.29) is 17.9 Å². The molecule has 1 saturated heterocycles. The minimum Gasteiger partial charge on any atom is -0.390 e. The van der Waals surface area contributed by atoms with Crippen LogP contribution >= 0.6 is 0 Å². The number of aliphatic hydroxyl groups is 1. The lowest BCUT2D eigenvalue weighted by atomic mass is 10.0. The molecular formula is C20H29N5O2. The van der Waals surface area contributed by atoms with E-state index in [0.29, 0.717) is 31.7 Å². The average molecular weight is 371 g/mol. The molecule has 3 heterocycles. The molecule has 0 aliphatic carbocycles. The summed E-state index contributed by atoms with van der Waals surface area (Å²) in [7, 11) is 0. The van der Waals surface area contributed by atoms with Crippen molar-refractivity contribution >= 4 is 5.91 Å². The summed E-state index contributed by atoms with van der Waals surface area (Å²) in [5, 5.41) is 18.0. The molecule has 27 heavy (non-hydrogen) atoms. The third-order valence-corrected chi connectivity index (χ3v) is 5.02. The Morgan fingerprint density at radius 2 is 2.22 bits per heavy atom. The van der Waals surface area contributed by atoms with Gasteiger partial charge in [-0.2, -0.15) is 5.10 Å². The van der Waals surface area contributed by atoms with E-state index in [2.05, 4.69) is 34.1 Å². The maximum Gasteiger partial charge on any atom is 0.269 e. The van der Waals surface area contributed by atoms with E-state index in [1.54, 1.807) is 10.9 Å². The van der Waals surface area contributed by atoms with Gasteiger partial charge in [0.1, 0.15) is 5.69 Å². The molecule has 2 N–H and O–H groups in total. The molecule has 0 radical (unpaired) electrons. The monoisotopic (exact) mass is 371 g/mol. The number of nitrogens with zero attached hydrogens (tertiary/aromatic N) is 4. The van der Waals surface area contributed by atoms with Crippen LogP contribution in [0.2, 0.25) is 0 Å². The van der Waals surface area contributed by atoms with Crippen molar-refractivity contribution in [2.45, 2.75) is 58.3 Å². The molecule has 0 spiro atoms. The summed E-state index contributed by atoms with van der Waals surface area (Å²) in [5.41, 5.74) is 2.46. The summed E-state index contributed by atoms with van der Waals surface area (Å²) in [6, 6.07) is 7.45. The Kier molecular flexibility index (Phi) is 6.23. The highest BCUT2D eigenvalue weighted by molar-refractivity contribution is 5.93. The molecule has 3 rings (SSSR count). The summed E-state index contributed by atoms with van der Waals surface area (Å²) in [6.45, 7) is 8.77. The van der Waals surface area contributed by atoms with Gasteiger partial charge in [0.15, 0.2) is 0 Å². The predicted molar refractivity (Wildman–Crippen MR) is 103 cm³/mol. The normalized spacial score (nSPS) is 20.8. The molecule has 1 amide bonds. The van der Waals surface area contributed by atoms with Crippen molar-refractivity contribution < 1.29 is 9.90 Å². The van der Waals surface area contributed by atoms with Crippen LogP contribution in [-0.2, 0) is 13.1 Å². The molecule has 2 aromatic heterocycles. The minimum absolute atomic E-state index is 0.168. The number of aryl methyl sites for hydroxylation is 1. The Hall–Kier alpha value is -2.25. The molecule has 146 valence electrons. The van der Waals surface area contributed by atoms with Gasteiger partial charge in [-0.15, -0.1) is 0 Å². The molecule has 1 fully saturated rings. The lowest BCUT2D eigenvalue weighted by molar-refractivity contribution is 0.0343. The van der Waals surface area contributed by atoms with E-state index in [1.807, 2.05) is 31.2 Å². The number of hydrogen-bond donors (Lipinski definition) is 2. The van der Waals surface area contributed by atoms with Crippen LogP contribution in [0.3, 0.4) is 0 Å². The number of pyridine rings is 1. The van der Waals surface area contributed by atoms with Gasteiger partial charge >= 0.3 is 0 Å². The standard InChI is InChI=1S/C20H29N5O2/c1-4-25-18(11-17(23-25)14(2)3)20(27)22-16-8-10-24(13-19(16)26)12-15-7-5-6-9-21-15/h5-7,9,11,14,16,19,26H,4,8,10,12-13H2,1-3H3,(H,22,27)/t16-,19-/m1/s1. The Bertz CT molecular complexity index is 759. The van der Waals surface area contributed by atoms with Crippen molar-refractivity contribution in [2.24, 2.45) is 0 Å². The largest absolute Gasteiger partial charge is 0.390 e. The molecule has 0 saturated carbocycles. The first-order valence-electron chi connectivity index (χ1n) is 9.66. The van der Waals surface area contributed by atoms with Gasteiger partial charge in [-0.25, -0.2) is 0 Å². The highest BCUT2D eigenvalue weighted by Gasteiger charge is 2.30. The maximum atomic E-state index is 12.7. The SMILES string of the molecule is CCn1nc(C(C)C)cc1C(=O)N[C@@H]1CCN(Cc2ccccn2)C[C@H]1O.